The van der Waals surface area contributed by atoms with Crippen molar-refractivity contribution in [3.05, 3.63) is 84.2 Å². The minimum atomic E-state index is -0.519. The fraction of sp³-hybridized carbons (Fsp3) is 0.174. The first kappa shape index (κ1) is 19.5. The Morgan fingerprint density at radius 2 is 1.61 bits per heavy atom. The number of hydrogen-bond donors (Lipinski definition) is 1. The zero-order chi connectivity index (χ0) is 19.9. The number of Topliss-reactive ketones (excluding diaryl/α,β-unsaturated/α-hetero) is 1. The molecule has 0 saturated heterocycles. The molecule has 142 valence electrons. The Bertz CT molecular complexity index is 936. The van der Waals surface area contributed by atoms with Crippen molar-refractivity contribution in [2.75, 3.05) is 18.6 Å². The van der Waals surface area contributed by atoms with Crippen molar-refractivity contribution in [3.63, 3.8) is 0 Å². The summed E-state index contributed by atoms with van der Waals surface area (Å²) >= 11 is 0. The first-order valence-corrected chi connectivity index (χ1v) is 9.08. The van der Waals surface area contributed by atoms with Gasteiger partial charge in [0.2, 0.25) is 0 Å². The van der Waals surface area contributed by atoms with Crippen LogP contribution in [0.5, 0.6) is 0 Å². The van der Waals surface area contributed by atoms with Crippen LogP contribution in [0.2, 0.25) is 0 Å². The number of aryl methyl sites for hydroxylation is 1. The molecule has 0 atom stereocenters. The number of pyridine rings is 1. The number of amides is 1. The van der Waals surface area contributed by atoms with Gasteiger partial charge in [-0.15, -0.1) is 0 Å². The van der Waals surface area contributed by atoms with E-state index in [4.69, 9.17) is 5.11 Å². The summed E-state index contributed by atoms with van der Waals surface area (Å²) in [4.78, 5) is 29.4. The van der Waals surface area contributed by atoms with E-state index in [9.17, 15) is 9.59 Å². The molecule has 0 unspecified atom stereocenters. The number of aliphatic hydroxyl groups is 1. The molecular weight excluding hydrogens is 352 g/mol. The lowest BCUT2D eigenvalue weighted by atomic mass is 9.99. The second-order valence-corrected chi connectivity index (χ2v) is 6.52. The summed E-state index contributed by atoms with van der Waals surface area (Å²) in [5.41, 5.74) is 4.44. The van der Waals surface area contributed by atoms with Gasteiger partial charge in [0.1, 0.15) is 6.61 Å². The standard InChI is InChI=1S/C23H22N2O3/c1-25(23(28)16-26)21-11-9-19(10-12-21)18-5-7-20(8-6-18)22(27)13-4-17-3-2-14-24-15-17/h2-3,5-12,14-15,26H,4,13,16H2,1H3. The maximum Gasteiger partial charge on any atom is 0.252 e. The third-order valence-corrected chi connectivity index (χ3v) is 4.67. The largest absolute Gasteiger partial charge is 0.387 e. The first-order valence-electron chi connectivity index (χ1n) is 9.08. The van der Waals surface area contributed by atoms with Gasteiger partial charge in [0.05, 0.1) is 0 Å². The number of ketones is 1. The molecule has 1 N–H and O–H groups in total. The van der Waals surface area contributed by atoms with Crippen LogP contribution in [0.4, 0.5) is 5.69 Å². The monoisotopic (exact) mass is 374 g/mol. The van der Waals surface area contributed by atoms with Crippen molar-refractivity contribution >= 4 is 17.4 Å². The van der Waals surface area contributed by atoms with Crippen molar-refractivity contribution < 1.29 is 14.7 Å². The molecule has 1 aromatic heterocycles. The summed E-state index contributed by atoms with van der Waals surface area (Å²) in [5, 5.41) is 8.95. The quantitative estimate of drug-likeness (QED) is 0.643. The second-order valence-electron chi connectivity index (χ2n) is 6.52. The first-order chi connectivity index (χ1) is 13.6. The third-order valence-electron chi connectivity index (χ3n) is 4.67. The molecule has 0 bridgehead atoms. The molecule has 1 heterocycles. The molecular formula is C23H22N2O3. The van der Waals surface area contributed by atoms with E-state index in [-0.39, 0.29) is 11.7 Å². The number of likely N-dealkylation sites (N-methyl/N-ethyl adjacent to an activating group) is 1. The van der Waals surface area contributed by atoms with Gasteiger partial charge in [-0.2, -0.15) is 0 Å². The molecule has 1 amide bonds. The van der Waals surface area contributed by atoms with Gasteiger partial charge in [-0.05, 0) is 41.3 Å². The number of carbonyl (C=O) groups is 2. The van der Waals surface area contributed by atoms with Gasteiger partial charge in [-0.25, -0.2) is 0 Å². The number of nitrogens with zero attached hydrogens (tertiary/aromatic N) is 2. The number of anilines is 1. The lowest BCUT2D eigenvalue weighted by Gasteiger charge is -2.16. The fourth-order valence-electron chi connectivity index (χ4n) is 2.92. The average Bonchev–Trinajstić information content (AvgIpc) is 2.77. The molecule has 0 radical (unpaired) electrons. The molecule has 5 nitrogen and oxygen atoms in total. The van der Waals surface area contributed by atoms with Crippen LogP contribution in [0.25, 0.3) is 11.1 Å². The Balaban J connectivity index is 1.65. The van der Waals surface area contributed by atoms with Gasteiger partial charge < -0.3 is 10.0 Å². The Morgan fingerprint density at radius 3 is 2.18 bits per heavy atom. The Kier molecular flexibility index (Phi) is 6.29. The van der Waals surface area contributed by atoms with E-state index in [1.807, 2.05) is 60.7 Å². The van der Waals surface area contributed by atoms with E-state index in [0.717, 1.165) is 16.7 Å². The molecule has 0 spiro atoms. The van der Waals surface area contributed by atoms with Crippen LogP contribution >= 0.6 is 0 Å². The highest BCUT2D eigenvalue weighted by atomic mass is 16.3. The van der Waals surface area contributed by atoms with Gasteiger partial charge in [0, 0.05) is 37.1 Å². The van der Waals surface area contributed by atoms with Crippen molar-refractivity contribution in [1.82, 2.24) is 4.98 Å². The van der Waals surface area contributed by atoms with E-state index in [1.165, 1.54) is 4.90 Å². The minimum Gasteiger partial charge on any atom is -0.387 e. The molecule has 0 saturated carbocycles. The highest BCUT2D eigenvalue weighted by Gasteiger charge is 2.10. The lowest BCUT2D eigenvalue weighted by Crippen LogP contribution is -2.28. The highest BCUT2D eigenvalue weighted by Crippen LogP contribution is 2.23. The summed E-state index contributed by atoms with van der Waals surface area (Å²) in [7, 11) is 1.62. The van der Waals surface area contributed by atoms with Crippen LogP contribution < -0.4 is 4.90 Å². The van der Waals surface area contributed by atoms with E-state index < -0.39 is 6.61 Å². The summed E-state index contributed by atoms with van der Waals surface area (Å²) in [6.45, 7) is -0.519. The number of aromatic nitrogens is 1. The average molecular weight is 374 g/mol. The minimum absolute atomic E-state index is 0.106. The number of hydrogen-bond acceptors (Lipinski definition) is 4. The maximum atomic E-state index is 12.4. The molecule has 0 aliphatic carbocycles. The highest BCUT2D eigenvalue weighted by molar-refractivity contribution is 5.96. The van der Waals surface area contributed by atoms with E-state index in [1.54, 1.807) is 19.4 Å². The molecule has 0 fully saturated rings. The number of rotatable bonds is 7. The van der Waals surface area contributed by atoms with Gasteiger partial charge in [-0.3, -0.25) is 14.6 Å². The Hall–Kier alpha value is -3.31. The third kappa shape index (κ3) is 4.69. The summed E-state index contributed by atoms with van der Waals surface area (Å²) in [5.74, 6) is -0.253. The van der Waals surface area contributed by atoms with Crippen LogP contribution in [-0.2, 0) is 11.2 Å². The number of aliphatic hydroxyl groups excluding tert-OH is 1. The Morgan fingerprint density at radius 1 is 0.964 bits per heavy atom. The van der Waals surface area contributed by atoms with Crippen molar-refractivity contribution in [3.8, 4) is 11.1 Å². The van der Waals surface area contributed by atoms with Crippen LogP contribution in [0.3, 0.4) is 0 Å². The van der Waals surface area contributed by atoms with Crippen LogP contribution in [0, 0.1) is 0 Å². The molecule has 0 aliphatic rings. The number of carbonyl (C=O) groups excluding carboxylic acids is 2. The van der Waals surface area contributed by atoms with Crippen LogP contribution in [0.1, 0.15) is 22.3 Å². The topological polar surface area (TPSA) is 70.5 Å². The van der Waals surface area contributed by atoms with Crippen molar-refractivity contribution in [2.45, 2.75) is 12.8 Å². The molecule has 0 aliphatic heterocycles. The predicted molar refractivity (Wildman–Crippen MR) is 109 cm³/mol. The van der Waals surface area contributed by atoms with Crippen molar-refractivity contribution in [1.29, 1.82) is 0 Å². The zero-order valence-electron chi connectivity index (χ0n) is 15.7. The lowest BCUT2D eigenvalue weighted by molar-refractivity contribution is -0.120. The van der Waals surface area contributed by atoms with E-state index in [0.29, 0.717) is 24.1 Å². The van der Waals surface area contributed by atoms with Gasteiger partial charge in [0.15, 0.2) is 5.78 Å². The zero-order valence-corrected chi connectivity index (χ0v) is 15.7. The van der Waals surface area contributed by atoms with Crippen LogP contribution in [0.15, 0.2) is 73.1 Å². The molecule has 2 aromatic carbocycles. The molecule has 28 heavy (non-hydrogen) atoms. The van der Waals surface area contributed by atoms with Gasteiger partial charge >= 0.3 is 0 Å². The SMILES string of the molecule is CN(C(=O)CO)c1ccc(-c2ccc(C(=O)CCc3cccnc3)cc2)cc1. The smallest absolute Gasteiger partial charge is 0.252 e. The van der Waals surface area contributed by atoms with Gasteiger partial charge in [0.25, 0.3) is 5.91 Å². The van der Waals surface area contributed by atoms with Crippen LogP contribution in [-0.4, -0.2) is 35.4 Å². The number of benzene rings is 2. The van der Waals surface area contributed by atoms with E-state index >= 15 is 0 Å². The predicted octanol–water partition coefficient (Wildman–Crippen LogP) is 3.52. The maximum absolute atomic E-state index is 12.4. The molecule has 5 heteroatoms. The second kappa shape index (κ2) is 9.06. The molecule has 3 rings (SSSR count). The normalized spacial score (nSPS) is 10.5. The van der Waals surface area contributed by atoms with Crippen molar-refractivity contribution in [2.24, 2.45) is 0 Å². The summed E-state index contributed by atoms with van der Waals surface area (Å²) in [6, 6.07) is 18.9. The summed E-state index contributed by atoms with van der Waals surface area (Å²) < 4.78 is 0. The fourth-order valence-corrected chi connectivity index (χ4v) is 2.92. The van der Waals surface area contributed by atoms with Gasteiger partial charge in [-0.1, -0.05) is 42.5 Å². The summed E-state index contributed by atoms with van der Waals surface area (Å²) in [6.07, 6.45) is 4.63. The Labute approximate surface area is 164 Å². The van der Waals surface area contributed by atoms with E-state index in [2.05, 4.69) is 4.98 Å². The molecule has 3 aromatic rings.